The minimum absolute atomic E-state index is 0.169. The number of carbonyl (C=O) groups excluding carboxylic acids is 2. The monoisotopic (exact) mass is 332 g/mol. The summed E-state index contributed by atoms with van der Waals surface area (Å²) in [5.74, 6) is -0.624. The molecular weight excluding hydrogens is 316 g/mol. The minimum atomic E-state index is -0.749. The molecule has 120 valence electrons. The van der Waals surface area contributed by atoms with Gasteiger partial charge in [0.05, 0.1) is 7.11 Å². The van der Waals surface area contributed by atoms with Gasteiger partial charge in [0.1, 0.15) is 0 Å². The molecule has 0 heterocycles. The normalized spacial score (nSPS) is 11.4. The minimum Gasteiger partial charge on any atom is -0.467 e. The van der Waals surface area contributed by atoms with Gasteiger partial charge in [-0.05, 0) is 24.3 Å². The Labute approximate surface area is 139 Å². The predicted octanol–water partition coefficient (Wildman–Crippen LogP) is 3.62. The molecule has 0 saturated heterocycles. The number of nitrogens with one attached hydrogen (secondary N) is 2. The van der Waals surface area contributed by atoms with Crippen molar-refractivity contribution in [2.45, 2.75) is 13.0 Å². The fourth-order valence-electron chi connectivity index (χ4n) is 2.15. The predicted molar refractivity (Wildman–Crippen MR) is 90.6 cm³/mol. The Morgan fingerprint density at radius 1 is 1.09 bits per heavy atom. The van der Waals surface area contributed by atoms with E-state index in [4.69, 9.17) is 16.3 Å². The second-order valence-electron chi connectivity index (χ2n) is 4.88. The zero-order valence-corrected chi connectivity index (χ0v) is 13.6. The van der Waals surface area contributed by atoms with Crippen molar-refractivity contribution in [3.63, 3.8) is 0 Å². The smallest absolute Gasteiger partial charge is 0.333 e. The number of hydrogen-bond donors (Lipinski definition) is 2. The highest BCUT2D eigenvalue weighted by Gasteiger charge is 2.23. The Hall–Kier alpha value is -2.53. The molecular formula is C17H17ClN2O3. The van der Waals surface area contributed by atoms with Crippen LogP contribution in [-0.2, 0) is 14.3 Å². The zero-order chi connectivity index (χ0) is 16.8. The molecule has 0 spiro atoms. The van der Waals surface area contributed by atoms with Crippen LogP contribution in [0.3, 0.4) is 0 Å². The molecule has 2 rings (SSSR count). The van der Waals surface area contributed by atoms with Crippen molar-refractivity contribution in [2.24, 2.45) is 0 Å². The third-order valence-corrected chi connectivity index (χ3v) is 3.49. The van der Waals surface area contributed by atoms with E-state index < -0.39 is 12.0 Å². The lowest BCUT2D eigenvalue weighted by molar-refractivity contribution is -0.141. The lowest BCUT2D eigenvalue weighted by atomic mass is 10.1. The number of halogens is 1. The molecule has 0 aromatic heterocycles. The maximum atomic E-state index is 12.1. The van der Waals surface area contributed by atoms with E-state index in [1.807, 2.05) is 0 Å². The average molecular weight is 333 g/mol. The molecule has 1 atom stereocenters. The Balaban J connectivity index is 2.30. The first-order valence-corrected chi connectivity index (χ1v) is 7.35. The van der Waals surface area contributed by atoms with Crippen LogP contribution in [0.2, 0.25) is 5.02 Å². The van der Waals surface area contributed by atoms with Crippen LogP contribution in [0, 0.1) is 0 Å². The topological polar surface area (TPSA) is 67.4 Å². The lowest BCUT2D eigenvalue weighted by Crippen LogP contribution is -2.22. The van der Waals surface area contributed by atoms with Crippen LogP contribution in [0.25, 0.3) is 0 Å². The quantitative estimate of drug-likeness (QED) is 0.820. The van der Waals surface area contributed by atoms with Crippen LogP contribution in [0.4, 0.5) is 11.4 Å². The van der Waals surface area contributed by atoms with Crippen molar-refractivity contribution >= 4 is 34.9 Å². The van der Waals surface area contributed by atoms with Gasteiger partial charge in [-0.2, -0.15) is 0 Å². The lowest BCUT2D eigenvalue weighted by Gasteiger charge is -2.19. The molecule has 0 aliphatic carbocycles. The fourth-order valence-corrected chi connectivity index (χ4v) is 2.39. The zero-order valence-electron chi connectivity index (χ0n) is 12.8. The molecule has 0 fully saturated rings. The second kappa shape index (κ2) is 7.65. The standard InChI is InChI=1S/C17H17ClN2O3/c1-11(21)19-12-6-5-7-13(10-12)20-16(17(22)23-2)14-8-3-4-9-15(14)18/h3-10,16,20H,1-2H3,(H,19,21). The van der Waals surface area contributed by atoms with E-state index in [1.165, 1.54) is 14.0 Å². The summed E-state index contributed by atoms with van der Waals surface area (Å²) >= 11 is 6.18. The van der Waals surface area contributed by atoms with E-state index in [9.17, 15) is 9.59 Å². The Morgan fingerprint density at radius 2 is 1.78 bits per heavy atom. The first-order valence-electron chi connectivity index (χ1n) is 6.97. The van der Waals surface area contributed by atoms with E-state index in [0.29, 0.717) is 22.0 Å². The summed E-state index contributed by atoms with van der Waals surface area (Å²) in [5.41, 5.74) is 1.91. The van der Waals surface area contributed by atoms with Gasteiger partial charge >= 0.3 is 5.97 Å². The largest absolute Gasteiger partial charge is 0.467 e. The summed E-state index contributed by atoms with van der Waals surface area (Å²) in [6.07, 6.45) is 0. The highest BCUT2D eigenvalue weighted by Crippen LogP contribution is 2.28. The Morgan fingerprint density at radius 3 is 2.43 bits per heavy atom. The van der Waals surface area contributed by atoms with Gasteiger partial charge in [-0.1, -0.05) is 35.9 Å². The van der Waals surface area contributed by atoms with E-state index in [2.05, 4.69) is 10.6 Å². The van der Waals surface area contributed by atoms with E-state index in [1.54, 1.807) is 48.5 Å². The van der Waals surface area contributed by atoms with Gasteiger partial charge in [0.2, 0.25) is 5.91 Å². The van der Waals surface area contributed by atoms with Crippen LogP contribution in [0.15, 0.2) is 48.5 Å². The van der Waals surface area contributed by atoms with Crippen LogP contribution in [-0.4, -0.2) is 19.0 Å². The summed E-state index contributed by atoms with van der Waals surface area (Å²) in [5, 5.41) is 6.25. The van der Waals surface area contributed by atoms with Crippen molar-refractivity contribution in [2.75, 3.05) is 17.7 Å². The molecule has 0 saturated carbocycles. The SMILES string of the molecule is COC(=O)C(Nc1cccc(NC(C)=O)c1)c1ccccc1Cl. The van der Waals surface area contributed by atoms with Crippen LogP contribution in [0.5, 0.6) is 0 Å². The van der Waals surface area contributed by atoms with Gasteiger partial charge < -0.3 is 15.4 Å². The van der Waals surface area contributed by atoms with Crippen molar-refractivity contribution in [3.05, 3.63) is 59.1 Å². The van der Waals surface area contributed by atoms with E-state index in [0.717, 1.165) is 0 Å². The molecule has 23 heavy (non-hydrogen) atoms. The van der Waals surface area contributed by atoms with Gasteiger partial charge in [-0.25, -0.2) is 4.79 Å². The maximum Gasteiger partial charge on any atom is 0.333 e. The van der Waals surface area contributed by atoms with Gasteiger partial charge in [0.15, 0.2) is 6.04 Å². The van der Waals surface area contributed by atoms with Crippen molar-refractivity contribution < 1.29 is 14.3 Å². The molecule has 0 radical (unpaired) electrons. The number of benzene rings is 2. The average Bonchev–Trinajstić information content (AvgIpc) is 2.52. The number of carbonyl (C=O) groups is 2. The summed E-state index contributed by atoms with van der Waals surface area (Å²) in [6.45, 7) is 1.43. The molecule has 1 amide bonds. The summed E-state index contributed by atoms with van der Waals surface area (Å²) in [4.78, 5) is 23.3. The van der Waals surface area contributed by atoms with E-state index in [-0.39, 0.29) is 5.91 Å². The summed E-state index contributed by atoms with van der Waals surface area (Å²) in [7, 11) is 1.32. The maximum absolute atomic E-state index is 12.1. The molecule has 0 aliphatic rings. The molecule has 6 heteroatoms. The molecule has 5 nitrogen and oxygen atoms in total. The number of hydrogen-bond acceptors (Lipinski definition) is 4. The number of ether oxygens (including phenoxy) is 1. The van der Waals surface area contributed by atoms with E-state index >= 15 is 0 Å². The number of esters is 1. The third kappa shape index (κ3) is 4.47. The van der Waals surface area contributed by atoms with Gasteiger partial charge in [0.25, 0.3) is 0 Å². The molecule has 2 N–H and O–H groups in total. The molecule has 2 aromatic carbocycles. The molecule has 0 aliphatic heterocycles. The highest BCUT2D eigenvalue weighted by molar-refractivity contribution is 6.31. The Kier molecular flexibility index (Phi) is 5.60. The molecule has 0 bridgehead atoms. The van der Waals surface area contributed by atoms with Crippen molar-refractivity contribution in [3.8, 4) is 0 Å². The van der Waals surface area contributed by atoms with Crippen LogP contribution in [0.1, 0.15) is 18.5 Å². The van der Waals surface area contributed by atoms with Crippen LogP contribution < -0.4 is 10.6 Å². The Bertz CT molecular complexity index is 718. The fraction of sp³-hybridized carbons (Fsp3) is 0.176. The van der Waals surface area contributed by atoms with Crippen LogP contribution >= 0.6 is 11.6 Å². The number of amides is 1. The first-order chi connectivity index (χ1) is 11.0. The third-order valence-electron chi connectivity index (χ3n) is 3.15. The highest BCUT2D eigenvalue weighted by atomic mass is 35.5. The van der Waals surface area contributed by atoms with Crippen molar-refractivity contribution in [1.82, 2.24) is 0 Å². The first kappa shape index (κ1) is 16.8. The van der Waals surface area contributed by atoms with Gasteiger partial charge in [-0.3, -0.25) is 4.79 Å². The second-order valence-corrected chi connectivity index (χ2v) is 5.29. The number of anilines is 2. The van der Waals surface area contributed by atoms with Gasteiger partial charge in [0, 0.05) is 28.9 Å². The summed E-state index contributed by atoms with van der Waals surface area (Å²) < 4.78 is 4.86. The number of methoxy groups -OCH3 is 1. The molecule has 1 unspecified atom stereocenters. The number of rotatable bonds is 5. The molecule has 2 aromatic rings. The van der Waals surface area contributed by atoms with Gasteiger partial charge in [-0.15, -0.1) is 0 Å². The summed E-state index contributed by atoms with van der Waals surface area (Å²) in [6, 6.07) is 13.4. The van der Waals surface area contributed by atoms with Crippen molar-refractivity contribution in [1.29, 1.82) is 0 Å².